The Morgan fingerprint density at radius 3 is 2.87 bits per heavy atom. The maximum Gasteiger partial charge on any atom is 0.219 e. The maximum atomic E-state index is 14.8. The lowest BCUT2D eigenvalue weighted by Crippen LogP contribution is -2.39. The van der Waals surface area contributed by atoms with Crippen molar-refractivity contribution in [2.45, 2.75) is 29.5 Å². The largest absolute Gasteiger partial charge is 0.384 e. The Bertz CT molecular complexity index is 1200. The summed E-state index contributed by atoms with van der Waals surface area (Å²) < 4.78 is 15.4. The van der Waals surface area contributed by atoms with E-state index in [0.717, 1.165) is 0 Å². The van der Waals surface area contributed by atoms with Crippen molar-refractivity contribution in [1.29, 1.82) is 10.5 Å². The minimum Gasteiger partial charge on any atom is -0.384 e. The molecule has 2 N–H and O–H groups in total. The topological polar surface area (TPSA) is 120 Å². The van der Waals surface area contributed by atoms with Crippen LogP contribution in [0.1, 0.15) is 30.7 Å². The Morgan fingerprint density at radius 2 is 2.16 bits per heavy atom. The van der Waals surface area contributed by atoms with E-state index in [2.05, 4.69) is 16.3 Å². The lowest BCUT2D eigenvalue weighted by Gasteiger charge is -2.38. The van der Waals surface area contributed by atoms with E-state index in [-0.39, 0.29) is 39.9 Å². The second kappa shape index (κ2) is 8.67. The van der Waals surface area contributed by atoms with Crippen LogP contribution in [0, 0.1) is 28.5 Å². The summed E-state index contributed by atoms with van der Waals surface area (Å²) in [6.07, 6.45) is 1.38. The summed E-state index contributed by atoms with van der Waals surface area (Å²) in [5.41, 5.74) is 7.39. The average molecular weight is 473 g/mol. The minimum absolute atomic E-state index is 0.0300. The van der Waals surface area contributed by atoms with Gasteiger partial charge in [0.1, 0.15) is 11.6 Å². The number of hydrogen-bond donors (Lipinski definition) is 1. The number of halogens is 2. The highest BCUT2D eigenvalue weighted by atomic mass is 35.5. The summed E-state index contributed by atoms with van der Waals surface area (Å²) in [6.45, 7) is 0. The van der Waals surface area contributed by atoms with Crippen molar-refractivity contribution in [3.8, 4) is 12.1 Å². The van der Waals surface area contributed by atoms with E-state index in [4.69, 9.17) is 22.6 Å². The molecule has 1 aromatic heterocycles. The molecule has 2 aromatic rings. The van der Waals surface area contributed by atoms with Crippen LogP contribution in [0.3, 0.4) is 0 Å². The van der Waals surface area contributed by atoms with Crippen LogP contribution in [-0.4, -0.2) is 21.7 Å². The fourth-order valence-electron chi connectivity index (χ4n) is 3.83. The molecule has 0 saturated heterocycles. The van der Waals surface area contributed by atoms with E-state index in [0.29, 0.717) is 33.6 Å². The number of thioether (sulfide) groups is 1. The van der Waals surface area contributed by atoms with Gasteiger partial charge in [0.05, 0.1) is 29.4 Å². The SMILES string of the molecule is N#CCSc1nnc(N2C(N)=C(C#N)C(c3c(F)cccc3Cl)C3=C2CCCC3=O)s1. The fourth-order valence-corrected chi connectivity index (χ4v) is 5.64. The molecule has 4 rings (SSSR count). The van der Waals surface area contributed by atoms with Gasteiger partial charge in [-0.05, 0) is 25.0 Å². The number of nitrogens with two attached hydrogens (primary N) is 1. The molecule has 0 radical (unpaired) electrons. The van der Waals surface area contributed by atoms with Crippen molar-refractivity contribution in [2.75, 3.05) is 10.7 Å². The molecule has 2 heterocycles. The number of anilines is 1. The van der Waals surface area contributed by atoms with Crippen LogP contribution in [0.2, 0.25) is 5.02 Å². The minimum atomic E-state index is -0.988. The number of hydrogen-bond acceptors (Lipinski definition) is 9. The number of carbonyl (C=O) groups is 1. The molecule has 1 unspecified atom stereocenters. The standard InChI is InChI=1S/C20H14ClFN6OS2/c21-11-3-1-4-12(22)16(11)15-10(9-24)18(25)28(13-5-2-6-14(29)17(13)15)19-26-27-20(31-19)30-8-7-23/h1,3-4,15H,2,5-6,8,25H2. The number of nitriles is 2. The van der Waals surface area contributed by atoms with Gasteiger partial charge in [-0.15, -0.1) is 10.2 Å². The highest BCUT2D eigenvalue weighted by molar-refractivity contribution is 8.01. The molecule has 1 aromatic carbocycles. The molecule has 0 spiro atoms. The first-order chi connectivity index (χ1) is 15.0. The number of benzene rings is 1. The van der Waals surface area contributed by atoms with Crippen LogP contribution < -0.4 is 10.6 Å². The van der Waals surface area contributed by atoms with E-state index < -0.39 is 11.7 Å². The van der Waals surface area contributed by atoms with Crippen molar-refractivity contribution in [3.63, 3.8) is 0 Å². The zero-order chi connectivity index (χ0) is 22.1. The first-order valence-corrected chi connectivity index (χ1v) is 11.4. The summed E-state index contributed by atoms with van der Waals surface area (Å²) in [6, 6.07) is 8.32. The molecular formula is C20H14ClFN6OS2. The Labute approximate surface area is 190 Å². The predicted octanol–water partition coefficient (Wildman–Crippen LogP) is 4.25. The highest BCUT2D eigenvalue weighted by Gasteiger charge is 2.42. The molecule has 2 aliphatic rings. The summed E-state index contributed by atoms with van der Waals surface area (Å²) in [5, 5.41) is 27.5. The lowest BCUT2D eigenvalue weighted by atomic mass is 9.75. The Hall–Kier alpha value is -2.92. The van der Waals surface area contributed by atoms with E-state index >= 15 is 0 Å². The monoisotopic (exact) mass is 472 g/mol. The van der Waals surface area contributed by atoms with E-state index in [9.17, 15) is 14.4 Å². The van der Waals surface area contributed by atoms with Crippen molar-refractivity contribution in [2.24, 2.45) is 5.73 Å². The fraction of sp³-hybridized carbons (Fsp3) is 0.250. The van der Waals surface area contributed by atoms with Gasteiger partial charge in [0.15, 0.2) is 10.1 Å². The second-order valence-corrected chi connectivity index (χ2v) is 9.33. The predicted molar refractivity (Wildman–Crippen MR) is 116 cm³/mol. The molecule has 1 aliphatic carbocycles. The van der Waals surface area contributed by atoms with Gasteiger partial charge in [-0.25, -0.2) is 4.39 Å². The van der Waals surface area contributed by atoms with E-state index in [1.165, 1.54) is 41.3 Å². The maximum absolute atomic E-state index is 14.8. The Morgan fingerprint density at radius 1 is 1.35 bits per heavy atom. The van der Waals surface area contributed by atoms with Crippen LogP contribution in [-0.2, 0) is 4.79 Å². The van der Waals surface area contributed by atoms with Crippen LogP contribution in [0.4, 0.5) is 9.52 Å². The summed E-state index contributed by atoms with van der Waals surface area (Å²) in [4.78, 5) is 14.6. The van der Waals surface area contributed by atoms with Gasteiger partial charge in [-0.3, -0.25) is 9.69 Å². The van der Waals surface area contributed by atoms with Gasteiger partial charge >= 0.3 is 0 Å². The van der Waals surface area contributed by atoms with Gasteiger partial charge < -0.3 is 5.73 Å². The molecule has 156 valence electrons. The first-order valence-electron chi connectivity index (χ1n) is 9.21. The van der Waals surface area contributed by atoms with Gasteiger partial charge in [0, 0.05) is 28.3 Å². The van der Waals surface area contributed by atoms with E-state index in [1.807, 2.05) is 6.07 Å². The normalized spacial score (nSPS) is 18.6. The van der Waals surface area contributed by atoms with Crippen molar-refractivity contribution < 1.29 is 9.18 Å². The zero-order valence-corrected chi connectivity index (χ0v) is 18.3. The Balaban J connectivity index is 1.92. The molecule has 1 aliphatic heterocycles. The van der Waals surface area contributed by atoms with Crippen molar-refractivity contribution in [3.05, 3.63) is 57.3 Å². The lowest BCUT2D eigenvalue weighted by molar-refractivity contribution is -0.116. The van der Waals surface area contributed by atoms with Crippen molar-refractivity contribution >= 4 is 45.6 Å². The van der Waals surface area contributed by atoms with Crippen LogP contribution >= 0.6 is 34.7 Å². The molecule has 0 fully saturated rings. The highest BCUT2D eigenvalue weighted by Crippen LogP contribution is 2.48. The van der Waals surface area contributed by atoms with Crippen LogP contribution in [0.25, 0.3) is 0 Å². The third kappa shape index (κ3) is 3.68. The molecule has 0 bridgehead atoms. The number of Topliss-reactive ketones (excluding diaryl/α,β-unsaturated/α-hetero) is 1. The van der Waals surface area contributed by atoms with Gasteiger partial charge in [0.2, 0.25) is 5.13 Å². The van der Waals surface area contributed by atoms with E-state index in [1.54, 1.807) is 4.90 Å². The molecular weight excluding hydrogens is 459 g/mol. The average Bonchev–Trinajstić information content (AvgIpc) is 3.20. The quantitative estimate of drug-likeness (QED) is 0.655. The first kappa shape index (κ1) is 21.3. The number of carbonyl (C=O) groups excluding carboxylic acids is 1. The zero-order valence-electron chi connectivity index (χ0n) is 15.9. The van der Waals surface area contributed by atoms with Gasteiger partial charge in [-0.2, -0.15) is 10.5 Å². The molecule has 0 amide bonds. The summed E-state index contributed by atoms with van der Waals surface area (Å²) >= 11 is 8.74. The molecule has 1 atom stereocenters. The van der Waals surface area contributed by atoms with Gasteiger partial charge in [0.25, 0.3) is 0 Å². The van der Waals surface area contributed by atoms with Gasteiger partial charge in [-0.1, -0.05) is 40.8 Å². The third-order valence-corrected chi connectivity index (χ3v) is 7.29. The molecule has 11 heteroatoms. The van der Waals surface area contributed by atoms with Crippen molar-refractivity contribution in [1.82, 2.24) is 10.2 Å². The number of allylic oxidation sites excluding steroid dienone is 3. The smallest absolute Gasteiger partial charge is 0.219 e. The number of rotatable bonds is 4. The number of nitrogens with zero attached hydrogens (tertiary/aromatic N) is 5. The molecule has 31 heavy (non-hydrogen) atoms. The molecule has 7 nitrogen and oxygen atoms in total. The second-order valence-electron chi connectivity index (χ2n) is 6.75. The summed E-state index contributed by atoms with van der Waals surface area (Å²) in [7, 11) is 0. The number of aromatic nitrogens is 2. The summed E-state index contributed by atoms with van der Waals surface area (Å²) in [5.74, 6) is -1.50. The molecule has 0 saturated carbocycles. The van der Waals surface area contributed by atoms with Crippen LogP contribution in [0.5, 0.6) is 0 Å². The third-order valence-electron chi connectivity index (χ3n) is 5.05. The number of ketones is 1. The van der Waals surface area contributed by atoms with Crippen LogP contribution in [0.15, 0.2) is 45.2 Å². The Kier molecular flexibility index (Phi) is 5.96.